The van der Waals surface area contributed by atoms with E-state index in [1.165, 1.54) is 0 Å². The highest BCUT2D eigenvalue weighted by Crippen LogP contribution is 2.31. The summed E-state index contributed by atoms with van der Waals surface area (Å²) in [4.78, 5) is 23.6. The molecule has 0 unspecified atom stereocenters. The van der Waals surface area contributed by atoms with Gasteiger partial charge in [-0.05, 0) is 60.4 Å². The molecule has 0 spiro atoms. The minimum absolute atomic E-state index is 0.114. The largest absolute Gasteiger partial charge is 0.483 e. The number of carbonyl (C=O) groups is 2. The number of nitrogens with one attached hydrogen (secondary N) is 2. The third-order valence-corrected chi connectivity index (χ3v) is 4.26. The second kappa shape index (κ2) is 8.72. The zero-order valence-corrected chi connectivity index (χ0v) is 16.1. The van der Waals surface area contributed by atoms with Crippen molar-refractivity contribution in [2.24, 2.45) is 0 Å². The lowest BCUT2D eigenvalue weighted by atomic mass is 10.0. The van der Waals surface area contributed by atoms with Gasteiger partial charge < -0.3 is 15.4 Å². The highest BCUT2D eigenvalue weighted by Gasteiger charge is 2.12. The smallest absolute Gasteiger partial charge is 0.262 e. The van der Waals surface area contributed by atoms with E-state index in [1.54, 1.807) is 31.3 Å². The average Bonchev–Trinajstić information content (AvgIpc) is 2.60. The van der Waals surface area contributed by atoms with E-state index >= 15 is 0 Å². The fourth-order valence-corrected chi connectivity index (χ4v) is 2.89. The molecule has 0 bridgehead atoms. The standard InChI is InChI=1S/C20H23ClN2O3/c1-12(2)16-10-18(13(3)9-17(16)21)26-11-19(24)23-15-7-5-14(6-8-15)20(25)22-4/h5-10,12H,11H2,1-4H3,(H,22,25)(H,23,24). The molecule has 2 aromatic rings. The molecule has 2 aromatic carbocycles. The number of benzene rings is 2. The van der Waals surface area contributed by atoms with Crippen LogP contribution in [0.3, 0.4) is 0 Å². The van der Waals surface area contributed by atoms with Gasteiger partial charge in [0.25, 0.3) is 11.8 Å². The summed E-state index contributed by atoms with van der Waals surface area (Å²) in [6, 6.07) is 10.4. The van der Waals surface area contributed by atoms with E-state index < -0.39 is 0 Å². The predicted octanol–water partition coefficient (Wildman–Crippen LogP) is 4.15. The number of aryl methyl sites for hydroxylation is 1. The van der Waals surface area contributed by atoms with Crippen LogP contribution in [0.4, 0.5) is 5.69 Å². The van der Waals surface area contributed by atoms with Gasteiger partial charge in [-0.15, -0.1) is 0 Å². The average molecular weight is 375 g/mol. The van der Waals surface area contributed by atoms with E-state index in [9.17, 15) is 9.59 Å². The van der Waals surface area contributed by atoms with Crippen LogP contribution < -0.4 is 15.4 Å². The molecular formula is C20H23ClN2O3. The summed E-state index contributed by atoms with van der Waals surface area (Å²) >= 11 is 6.25. The van der Waals surface area contributed by atoms with E-state index in [4.69, 9.17) is 16.3 Å². The normalized spacial score (nSPS) is 10.5. The van der Waals surface area contributed by atoms with Gasteiger partial charge in [0.05, 0.1) is 0 Å². The Bertz CT molecular complexity index is 801. The van der Waals surface area contributed by atoms with Crippen LogP contribution in [0.15, 0.2) is 36.4 Å². The maximum Gasteiger partial charge on any atom is 0.262 e. The Hall–Kier alpha value is -2.53. The summed E-state index contributed by atoms with van der Waals surface area (Å²) in [6.07, 6.45) is 0. The molecule has 0 aliphatic rings. The van der Waals surface area contributed by atoms with Crippen LogP contribution in [0.5, 0.6) is 5.75 Å². The van der Waals surface area contributed by atoms with Crippen LogP contribution in [-0.2, 0) is 4.79 Å². The number of carbonyl (C=O) groups excluding carboxylic acids is 2. The highest BCUT2D eigenvalue weighted by molar-refractivity contribution is 6.31. The Labute approximate surface area is 158 Å². The third kappa shape index (κ3) is 4.99. The van der Waals surface area contributed by atoms with Gasteiger partial charge in [0, 0.05) is 23.3 Å². The van der Waals surface area contributed by atoms with E-state index in [2.05, 4.69) is 24.5 Å². The number of hydrogen-bond acceptors (Lipinski definition) is 3. The van der Waals surface area contributed by atoms with E-state index in [-0.39, 0.29) is 24.3 Å². The van der Waals surface area contributed by atoms with Crippen molar-refractivity contribution in [1.29, 1.82) is 0 Å². The molecule has 5 nitrogen and oxygen atoms in total. The SMILES string of the molecule is CNC(=O)c1ccc(NC(=O)COc2cc(C(C)C)c(Cl)cc2C)cc1. The van der Waals surface area contributed by atoms with Gasteiger partial charge in [0.1, 0.15) is 5.75 Å². The van der Waals surface area contributed by atoms with Crippen molar-refractivity contribution >= 4 is 29.1 Å². The first-order valence-corrected chi connectivity index (χ1v) is 8.74. The molecule has 0 aliphatic carbocycles. The summed E-state index contributed by atoms with van der Waals surface area (Å²) in [5.41, 5.74) is 2.99. The zero-order chi connectivity index (χ0) is 19.3. The highest BCUT2D eigenvalue weighted by atomic mass is 35.5. The molecule has 0 aliphatic heterocycles. The van der Waals surface area contributed by atoms with Gasteiger partial charge >= 0.3 is 0 Å². The van der Waals surface area contributed by atoms with Crippen LogP contribution in [0.25, 0.3) is 0 Å². The van der Waals surface area contributed by atoms with Gasteiger partial charge in [-0.3, -0.25) is 9.59 Å². The molecule has 0 atom stereocenters. The van der Waals surface area contributed by atoms with Gasteiger partial charge in [0.2, 0.25) is 0 Å². The van der Waals surface area contributed by atoms with Gasteiger partial charge in [-0.1, -0.05) is 25.4 Å². The first kappa shape index (κ1) is 19.8. The van der Waals surface area contributed by atoms with Crippen molar-refractivity contribution in [3.8, 4) is 5.75 Å². The van der Waals surface area contributed by atoms with Crippen LogP contribution >= 0.6 is 11.6 Å². The minimum Gasteiger partial charge on any atom is -0.483 e. The molecule has 0 radical (unpaired) electrons. The van der Waals surface area contributed by atoms with E-state index in [1.807, 2.05) is 19.1 Å². The fraction of sp³-hybridized carbons (Fsp3) is 0.300. The molecule has 0 heterocycles. The Morgan fingerprint density at radius 3 is 2.38 bits per heavy atom. The minimum atomic E-state index is -0.280. The number of halogens is 1. The summed E-state index contributed by atoms with van der Waals surface area (Å²) in [6.45, 7) is 5.88. The van der Waals surface area contributed by atoms with Crippen molar-refractivity contribution in [2.75, 3.05) is 19.0 Å². The van der Waals surface area contributed by atoms with Crippen LogP contribution in [0.2, 0.25) is 5.02 Å². The van der Waals surface area contributed by atoms with Crippen molar-refractivity contribution < 1.29 is 14.3 Å². The number of rotatable bonds is 6. The Kier molecular flexibility index (Phi) is 6.64. The first-order valence-electron chi connectivity index (χ1n) is 8.36. The third-order valence-electron chi connectivity index (χ3n) is 3.93. The molecule has 0 saturated carbocycles. The van der Waals surface area contributed by atoms with Crippen molar-refractivity contribution in [1.82, 2.24) is 5.32 Å². The summed E-state index contributed by atoms with van der Waals surface area (Å²) < 4.78 is 5.66. The van der Waals surface area contributed by atoms with Crippen LogP contribution in [-0.4, -0.2) is 25.5 Å². The Morgan fingerprint density at radius 1 is 1.15 bits per heavy atom. The Morgan fingerprint density at radius 2 is 1.81 bits per heavy atom. The second-order valence-corrected chi connectivity index (χ2v) is 6.69. The number of ether oxygens (including phenoxy) is 1. The van der Waals surface area contributed by atoms with Gasteiger partial charge in [0.15, 0.2) is 6.61 Å². The zero-order valence-electron chi connectivity index (χ0n) is 15.4. The molecule has 0 fully saturated rings. The lowest BCUT2D eigenvalue weighted by Crippen LogP contribution is -2.21. The lowest BCUT2D eigenvalue weighted by Gasteiger charge is -2.14. The van der Waals surface area contributed by atoms with Crippen molar-refractivity contribution in [2.45, 2.75) is 26.7 Å². The van der Waals surface area contributed by atoms with Crippen LogP contribution in [0, 0.1) is 6.92 Å². The molecule has 26 heavy (non-hydrogen) atoms. The second-order valence-electron chi connectivity index (χ2n) is 6.29. The molecule has 0 aromatic heterocycles. The Balaban J connectivity index is 1.99. The number of anilines is 1. The van der Waals surface area contributed by atoms with Gasteiger partial charge in [-0.2, -0.15) is 0 Å². The van der Waals surface area contributed by atoms with Crippen LogP contribution in [0.1, 0.15) is 41.3 Å². The molecule has 0 saturated heterocycles. The monoisotopic (exact) mass is 374 g/mol. The summed E-state index contributed by atoms with van der Waals surface area (Å²) in [5, 5.41) is 5.99. The van der Waals surface area contributed by atoms with Crippen molar-refractivity contribution in [3.05, 3.63) is 58.1 Å². The first-order chi connectivity index (χ1) is 12.3. The summed E-state index contributed by atoms with van der Waals surface area (Å²) in [7, 11) is 1.57. The van der Waals surface area contributed by atoms with Crippen molar-refractivity contribution in [3.63, 3.8) is 0 Å². The maximum atomic E-state index is 12.1. The van der Waals surface area contributed by atoms with E-state index in [0.29, 0.717) is 22.0 Å². The fourth-order valence-electron chi connectivity index (χ4n) is 2.46. The number of hydrogen-bond donors (Lipinski definition) is 2. The lowest BCUT2D eigenvalue weighted by molar-refractivity contribution is -0.118. The predicted molar refractivity (Wildman–Crippen MR) is 104 cm³/mol. The maximum absolute atomic E-state index is 12.1. The summed E-state index contributed by atoms with van der Waals surface area (Å²) in [5.74, 6) is 0.449. The molecular weight excluding hydrogens is 352 g/mol. The molecule has 2 rings (SSSR count). The molecule has 2 amide bonds. The topological polar surface area (TPSA) is 67.4 Å². The molecule has 6 heteroatoms. The quantitative estimate of drug-likeness (QED) is 0.798. The molecule has 138 valence electrons. The van der Waals surface area contributed by atoms with E-state index in [0.717, 1.165) is 11.1 Å². The van der Waals surface area contributed by atoms with Gasteiger partial charge in [-0.25, -0.2) is 0 Å². The number of amides is 2. The molecule has 2 N–H and O–H groups in total.